The summed E-state index contributed by atoms with van der Waals surface area (Å²) in [6, 6.07) is 29.0. The molecule has 13 heteroatoms. The first kappa shape index (κ1) is 56.6. The number of nitrogens with zero attached hydrogens (tertiary/aromatic N) is 12. The summed E-state index contributed by atoms with van der Waals surface area (Å²) in [5.41, 5.74) is 9.94. The summed E-state index contributed by atoms with van der Waals surface area (Å²) in [6.07, 6.45) is 5.73. The van der Waals surface area contributed by atoms with Gasteiger partial charge in [0.2, 0.25) is 0 Å². The standard InChI is InChI=1S/3C20H26N4.Ir/c3*1-19(2,3)14-9-8-10-15(11-14)24-13-23(7)16-12-21-18(20(4,5)6)22-17(16)24;/h3*8-9,11-13H,1-7H3;/q3*-2;. The summed E-state index contributed by atoms with van der Waals surface area (Å²) < 4.78 is 0. The molecule has 0 unspecified atom stereocenters. The first-order valence-electron chi connectivity index (χ1n) is 25.0. The Bertz CT molecular complexity index is 2580. The molecule has 3 aliphatic heterocycles. The second-order valence-corrected chi connectivity index (χ2v) is 25.4. The molecular weight excluding hydrogens is 1080 g/mol. The van der Waals surface area contributed by atoms with Crippen LogP contribution in [0.4, 0.5) is 51.6 Å². The number of rotatable bonds is 3. The van der Waals surface area contributed by atoms with Gasteiger partial charge in [-0.2, -0.15) is 91.3 Å². The van der Waals surface area contributed by atoms with Crippen molar-refractivity contribution in [3.05, 3.63) is 146 Å². The van der Waals surface area contributed by atoms with Gasteiger partial charge in [-0.15, -0.1) is 35.3 Å². The van der Waals surface area contributed by atoms with Crippen LogP contribution in [0.5, 0.6) is 0 Å². The summed E-state index contributed by atoms with van der Waals surface area (Å²) in [5, 5.41) is 0. The molecule has 0 aliphatic carbocycles. The molecule has 12 nitrogen and oxygen atoms in total. The topological polar surface area (TPSA) is 96.8 Å². The van der Waals surface area contributed by atoms with E-state index in [-0.39, 0.29) is 52.6 Å². The van der Waals surface area contributed by atoms with E-state index >= 15 is 0 Å². The third-order valence-corrected chi connectivity index (χ3v) is 12.7. The molecule has 0 saturated heterocycles. The minimum absolute atomic E-state index is 0. The van der Waals surface area contributed by atoms with Crippen molar-refractivity contribution in [2.24, 2.45) is 0 Å². The Hall–Kier alpha value is -5.65. The molecule has 3 aliphatic rings. The number of hydrogen-bond donors (Lipinski definition) is 0. The molecule has 0 bridgehead atoms. The molecule has 3 aromatic carbocycles. The fourth-order valence-electron chi connectivity index (χ4n) is 8.04. The molecule has 0 fully saturated rings. The smallest absolute Gasteiger partial charge is 0.136 e. The van der Waals surface area contributed by atoms with Crippen molar-refractivity contribution in [2.45, 2.75) is 157 Å². The van der Waals surface area contributed by atoms with Gasteiger partial charge in [0.15, 0.2) is 0 Å². The van der Waals surface area contributed by atoms with Crippen molar-refractivity contribution in [2.75, 3.05) is 50.5 Å². The fourth-order valence-corrected chi connectivity index (χ4v) is 8.04. The number of hydrogen-bond acceptors (Lipinski definition) is 12. The molecule has 0 saturated carbocycles. The second-order valence-electron chi connectivity index (χ2n) is 25.4. The molecule has 0 N–H and O–H groups in total. The maximum atomic E-state index is 4.85. The van der Waals surface area contributed by atoms with E-state index in [0.29, 0.717) is 0 Å². The Balaban J connectivity index is 0.000000177. The maximum absolute atomic E-state index is 4.85. The Morgan fingerprint density at radius 2 is 0.603 bits per heavy atom. The third-order valence-electron chi connectivity index (χ3n) is 12.7. The average molecular weight is 1160 g/mol. The summed E-state index contributed by atoms with van der Waals surface area (Å²) >= 11 is 0. The Labute approximate surface area is 452 Å². The molecule has 0 spiro atoms. The molecule has 3 aromatic heterocycles. The largest absolute Gasteiger partial charge is 0.501 e. The van der Waals surface area contributed by atoms with Gasteiger partial charge >= 0.3 is 0 Å². The van der Waals surface area contributed by atoms with Crippen molar-refractivity contribution in [3.63, 3.8) is 0 Å². The molecule has 73 heavy (non-hydrogen) atoms. The van der Waals surface area contributed by atoms with E-state index < -0.39 is 0 Å². The van der Waals surface area contributed by atoms with Crippen LogP contribution in [0, 0.1) is 38.2 Å². The molecule has 6 heterocycles. The first-order valence-corrected chi connectivity index (χ1v) is 25.0. The van der Waals surface area contributed by atoms with E-state index in [1.807, 2.05) is 77.9 Å². The average Bonchev–Trinajstić information content (AvgIpc) is 3.94. The minimum atomic E-state index is -0.0845. The zero-order valence-corrected chi connectivity index (χ0v) is 49.8. The van der Waals surface area contributed by atoms with E-state index in [9.17, 15) is 0 Å². The van der Waals surface area contributed by atoms with Crippen LogP contribution in [0.25, 0.3) is 0 Å². The maximum Gasteiger partial charge on any atom is 0.136 e. The Kier molecular flexibility index (Phi) is 16.0. The van der Waals surface area contributed by atoms with E-state index in [1.165, 1.54) is 16.7 Å². The van der Waals surface area contributed by atoms with Gasteiger partial charge in [0.1, 0.15) is 34.9 Å². The van der Waals surface area contributed by atoms with Gasteiger partial charge in [0.25, 0.3) is 0 Å². The zero-order valence-electron chi connectivity index (χ0n) is 47.4. The van der Waals surface area contributed by atoms with Crippen LogP contribution in [-0.2, 0) is 52.6 Å². The molecule has 393 valence electrons. The van der Waals surface area contributed by atoms with Crippen LogP contribution in [0.3, 0.4) is 0 Å². The fraction of sp³-hybridized carbons (Fsp3) is 0.450. The molecule has 0 atom stereocenters. The van der Waals surface area contributed by atoms with Crippen LogP contribution < -0.4 is 29.4 Å². The summed E-state index contributed by atoms with van der Waals surface area (Å²) in [6.45, 7) is 45.3. The number of fused-ring (bicyclic) bond motifs is 3. The van der Waals surface area contributed by atoms with Crippen LogP contribution in [0.1, 0.15) is 159 Å². The Morgan fingerprint density at radius 1 is 0.370 bits per heavy atom. The van der Waals surface area contributed by atoms with Crippen LogP contribution in [-0.4, -0.2) is 51.0 Å². The predicted octanol–water partition coefficient (Wildman–Crippen LogP) is 13.7. The van der Waals surface area contributed by atoms with Crippen LogP contribution in [0.2, 0.25) is 0 Å². The number of aromatic nitrogens is 6. The van der Waals surface area contributed by atoms with Crippen molar-refractivity contribution < 1.29 is 20.1 Å². The van der Waals surface area contributed by atoms with Crippen molar-refractivity contribution in [1.29, 1.82) is 0 Å². The van der Waals surface area contributed by atoms with Gasteiger partial charge in [0, 0.05) is 36.4 Å². The van der Waals surface area contributed by atoms with E-state index in [4.69, 9.17) is 15.0 Å². The van der Waals surface area contributed by atoms with Gasteiger partial charge < -0.3 is 29.4 Å². The number of benzene rings is 3. The molecule has 1 radical (unpaired) electrons. The van der Waals surface area contributed by atoms with E-state index in [0.717, 1.165) is 69.1 Å². The van der Waals surface area contributed by atoms with Crippen molar-refractivity contribution >= 4 is 51.6 Å². The monoisotopic (exact) mass is 1160 g/mol. The summed E-state index contributed by atoms with van der Waals surface area (Å²) in [4.78, 5) is 40.6. The van der Waals surface area contributed by atoms with Crippen LogP contribution in [0.15, 0.2) is 73.2 Å². The Morgan fingerprint density at radius 3 is 0.808 bits per heavy atom. The van der Waals surface area contributed by atoms with Gasteiger partial charge in [-0.1, -0.05) is 125 Å². The van der Waals surface area contributed by atoms with Gasteiger partial charge in [-0.3, -0.25) is 0 Å². The zero-order chi connectivity index (χ0) is 53.1. The third kappa shape index (κ3) is 12.7. The predicted molar refractivity (Wildman–Crippen MR) is 299 cm³/mol. The SMILES string of the molecule is CN1[CH-]N(c2[c-]ccc(C(C)(C)C)c2)c2nc(C(C)(C)C)ncc21.CN1[CH-]N(c2[c-]ccc(C(C)(C)C)c2)c2nc(C(C)(C)C)ncc21.CN1[CH-]N(c2[c-]ccc(C(C)(C)C)c2)c2nc(C(C)(C)C)ncc21.[Ir]. The van der Waals surface area contributed by atoms with Crippen molar-refractivity contribution in [1.82, 2.24) is 29.9 Å². The molecule has 6 aromatic rings. The van der Waals surface area contributed by atoms with E-state index in [1.54, 1.807) is 0 Å². The second kappa shape index (κ2) is 20.6. The quantitative estimate of drug-likeness (QED) is 0.158. The number of anilines is 9. The summed E-state index contributed by atoms with van der Waals surface area (Å²) in [5.74, 6) is 5.30. The summed E-state index contributed by atoms with van der Waals surface area (Å²) in [7, 11) is 6.06. The normalized spacial score (nSPS) is 14.8. The molecule has 0 amide bonds. The van der Waals surface area contributed by atoms with Gasteiger partial charge in [-0.25, -0.2) is 29.9 Å². The van der Waals surface area contributed by atoms with E-state index in [2.05, 4.69) is 224 Å². The van der Waals surface area contributed by atoms with Crippen LogP contribution >= 0.6 is 0 Å². The van der Waals surface area contributed by atoms with Crippen molar-refractivity contribution in [3.8, 4) is 0 Å². The van der Waals surface area contributed by atoms with Gasteiger partial charge in [-0.05, 0) is 37.4 Å². The first-order chi connectivity index (χ1) is 33.2. The minimum Gasteiger partial charge on any atom is -0.501 e. The molecule has 9 rings (SSSR count). The van der Waals surface area contributed by atoms with Gasteiger partial charge in [0.05, 0.1) is 35.7 Å². The molecular formula is C60H78IrN12-6.